The Labute approximate surface area is 168 Å². The van der Waals surface area contributed by atoms with E-state index in [0.29, 0.717) is 11.4 Å². The summed E-state index contributed by atoms with van der Waals surface area (Å²) < 4.78 is 23.6. The fraction of sp³-hybridized carbons (Fsp3) is 0.0952. The molecule has 2 aromatic carbocycles. The van der Waals surface area contributed by atoms with Gasteiger partial charge < -0.3 is 10.7 Å². The van der Waals surface area contributed by atoms with Crippen LogP contribution in [0.4, 0.5) is 5.82 Å². The molecule has 4 rings (SSSR count). The van der Waals surface area contributed by atoms with Gasteiger partial charge in [-0.3, -0.25) is 5.10 Å². The Morgan fingerprint density at radius 3 is 2.52 bits per heavy atom. The third-order valence-electron chi connectivity index (χ3n) is 4.79. The van der Waals surface area contributed by atoms with E-state index in [4.69, 9.17) is 10.4 Å². The van der Waals surface area contributed by atoms with Crippen LogP contribution in [0, 0.1) is 5.41 Å². The van der Waals surface area contributed by atoms with Crippen molar-refractivity contribution in [1.82, 2.24) is 15.2 Å². The number of benzene rings is 2. The van der Waals surface area contributed by atoms with Crippen molar-refractivity contribution in [3.05, 3.63) is 60.3 Å². The van der Waals surface area contributed by atoms with Crippen LogP contribution in [-0.4, -0.2) is 43.1 Å². The number of pyridine rings is 1. The lowest BCUT2D eigenvalue weighted by atomic mass is 9.97. The van der Waals surface area contributed by atoms with Crippen molar-refractivity contribution in [2.75, 3.05) is 18.6 Å². The van der Waals surface area contributed by atoms with Crippen molar-refractivity contribution < 1.29 is 8.42 Å². The van der Waals surface area contributed by atoms with E-state index in [0.717, 1.165) is 33.3 Å². The summed E-state index contributed by atoms with van der Waals surface area (Å²) in [4.78, 5) is 4.96. The average Bonchev–Trinajstić information content (AvgIpc) is 3.21. The monoisotopic (exact) mass is 405 g/mol. The molecule has 0 aliphatic rings. The molecule has 0 amide bonds. The van der Waals surface area contributed by atoms with Crippen molar-refractivity contribution in [2.24, 2.45) is 0 Å². The molecule has 0 saturated heterocycles. The zero-order valence-corrected chi connectivity index (χ0v) is 16.7. The SMILES string of the molecule is CNc1nc(-c2cccc3[nH]ncc23)cc(-c2ccc(S(C)(=O)=O)cc2)c1C=N. The first-order chi connectivity index (χ1) is 13.9. The number of sulfone groups is 1. The molecule has 2 aromatic heterocycles. The second-order valence-corrected chi connectivity index (χ2v) is 8.66. The van der Waals surface area contributed by atoms with Crippen LogP contribution in [0.1, 0.15) is 5.56 Å². The van der Waals surface area contributed by atoms with E-state index in [2.05, 4.69) is 15.5 Å². The molecule has 0 aliphatic carbocycles. The van der Waals surface area contributed by atoms with Crippen molar-refractivity contribution >= 4 is 32.8 Å². The Hall–Kier alpha value is -3.52. The van der Waals surface area contributed by atoms with Crippen molar-refractivity contribution in [1.29, 1.82) is 5.41 Å². The first-order valence-electron chi connectivity index (χ1n) is 8.88. The molecule has 0 radical (unpaired) electrons. The van der Waals surface area contributed by atoms with Crippen LogP contribution >= 0.6 is 0 Å². The van der Waals surface area contributed by atoms with E-state index >= 15 is 0 Å². The maximum atomic E-state index is 11.8. The van der Waals surface area contributed by atoms with Gasteiger partial charge in [0.2, 0.25) is 0 Å². The smallest absolute Gasteiger partial charge is 0.175 e. The maximum absolute atomic E-state index is 11.8. The Balaban J connectivity index is 1.95. The summed E-state index contributed by atoms with van der Waals surface area (Å²) in [6, 6.07) is 14.4. The summed E-state index contributed by atoms with van der Waals surface area (Å²) in [5.41, 5.74) is 4.77. The van der Waals surface area contributed by atoms with Crippen molar-refractivity contribution in [2.45, 2.75) is 4.90 Å². The van der Waals surface area contributed by atoms with Crippen LogP contribution in [-0.2, 0) is 9.84 Å². The second kappa shape index (κ2) is 7.14. The lowest BCUT2D eigenvalue weighted by Gasteiger charge is -2.14. The van der Waals surface area contributed by atoms with Gasteiger partial charge in [-0.15, -0.1) is 0 Å². The van der Waals surface area contributed by atoms with Crippen molar-refractivity contribution in [3.63, 3.8) is 0 Å². The Morgan fingerprint density at radius 2 is 1.86 bits per heavy atom. The van der Waals surface area contributed by atoms with Crippen LogP contribution in [0.2, 0.25) is 0 Å². The van der Waals surface area contributed by atoms with Crippen molar-refractivity contribution in [3.8, 4) is 22.4 Å². The molecule has 2 heterocycles. The summed E-state index contributed by atoms with van der Waals surface area (Å²) in [7, 11) is -1.52. The minimum atomic E-state index is -3.28. The largest absolute Gasteiger partial charge is 0.373 e. The highest BCUT2D eigenvalue weighted by Crippen LogP contribution is 2.34. The zero-order valence-electron chi connectivity index (χ0n) is 15.9. The van der Waals surface area contributed by atoms with Gasteiger partial charge in [0.1, 0.15) is 5.82 Å². The molecule has 0 aliphatic heterocycles. The molecular weight excluding hydrogens is 386 g/mol. The number of nitrogens with one attached hydrogen (secondary N) is 3. The number of nitrogens with zero attached hydrogens (tertiary/aromatic N) is 2. The third-order valence-corrected chi connectivity index (χ3v) is 5.92. The number of rotatable bonds is 5. The van der Waals surface area contributed by atoms with Gasteiger partial charge in [0.25, 0.3) is 0 Å². The number of anilines is 1. The van der Waals surface area contributed by atoms with E-state index < -0.39 is 9.84 Å². The molecular formula is C21H19N5O2S. The molecule has 8 heteroatoms. The molecule has 4 aromatic rings. The highest BCUT2D eigenvalue weighted by Gasteiger charge is 2.16. The number of hydrogen-bond donors (Lipinski definition) is 3. The predicted molar refractivity (Wildman–Crippen MR) is 115 cm³/mol. The Morgan fingerprint density at radius 1 is 1.10 bits per heavy atom. The number of aromatic amines is 1. The molecule has 0 fully saturated rings. The van der Waals surface area contributed by atoms with E-state index in [1.54, 1.807) is 37.5 Å². The maximum Gasteiger partial charge on any atom is 0.175 e. The average molecular weight is 405 g/mol. The van der Waals surface area contributed by atoms with Gasteiger partial charge in [0.15, 0.2) is 9.84 Å². The fourth-order valence-electron chi connectivity index (χ4n) is 3.34. The summed E-state index contributed by atoms with van der Waals surface area (Å²) in [6.07, 6.45) is 4.19. The number of aromatic nitrogens is 3. The van der Waals surface area contributed by atoms with Gasteiger partial charge in [-0.05, 0) is 35.4 Å². The lowest BCUT2D eigenvalue weighted by Crippen LogP contribution is -2.03. The number of H-pyrrole nitrogens is 1. The summed E-state index contributed by atoms with van der Waals surface area (Å²) in [5.74, 6) is 0.570. The lowest BCUT2D eigenvalue weighted by molar-refractivity contribution is 0.602. The minimum Gasteiger partial charge on any atom is -0.373 e. The molecule has 29 heavy (non-hydrogen) atoms. The molecule has 0 saturated carbocycles. The quantitative estimate of drug-likeness (QED) is 0.438. The normalized spacial score (nSPS) is 11.5. The number of fused-ring (bicyclic) bond motifs is 1. The first-order valence-corrected chi connectivity index (χ1v) is 10.8. The fourth-order valence-corrected chi connectivity index (χ4v) is 3.97. The third kappa shape index (κ3) is 3.38. The van der Waals surface area contributed by atoms with Crippen LogP contribution in [0.5, 0.6) is 0 Å². The van der Waals surface area contributed by atoms with Crippen LogP contribution in [0.25, 0.3) is 33.3 Å². The van der Waals surface area contributed by atoms with Gasteiger partial charge in [0, 0.05) is 36.0 Å². The van der Waals surface area contributed by atoms with Crippen LogP contribution < -0.4 is 5.32 Å². The number of hydrogen-bond acceptors (Lipinski definition) is 6. The Bertz CT molecular complexity index is 1330. The summed E-state index contributed by atoms with van der Waals surface area (Å²) in [5, 5.41) is 19.0. The zero-order chi connectivity index (χ0) is 20.6. The Kier molecular flexibility index (Phi) is 4.63. The molecule has 0 atom stereocenters. The summed E-state index contributed by atoms with van der Waals surface area (Å²) in [6.45, 7) is 0. The highest BCUT2D eigenvalue weighted by atomic mass is 32.2. The van der Waals surface area contributed by atoms with E-state index in [9.17, 15) is 8.42 Å². The van der Waals surface area contributed by atoms with Gasteiger partial charge >= 0.3 is 0 Å². The highest BCUT2D eigenvalue weighted by molar-refractivity contribution is 7.90. The molecule has 7 nitrogen and oxygen atoms in total. The standard InChI is InChI=1S/C21H19N5O2S/c1-23-21-17(11-22)16(13-6-8-14(9-7-13)29(2,27)28)10-20(25-21)15-4-3-5-19-18(15)12-24-26-19/h3-12,22H,1-2H3,(H,23,25)(H,24,26). The molecule has 3 N–H and O–H groups in total. The molecule has 0 spiro atoms. The van der Waals surface area contributed by atoms with Gasteiger partial charge in [-0.25, -0.2) is 13.4 Å². The van der Waals surface area contributed by atoms with E-state index in [1.807, 2.05) is 24.3 Å². The van der Waals surface area contributed by atoms with Gasteiger partial charge in [0.05, 0.1) is 22.3 Å². The molecule has 146 valence electrons. The first kappa shape index (κ1) is 18.8. The van der Waals surface area contributed by atoms with E-state index in [-0.39, 0.29) is 4.90 Å². The minimum absolute atomic E-state index is 0.254. The topological polar surface area (TPSA) is 112 Å². The van der Waals surface area contributed by atoms with Gasteiger partial charge in [-0.2, -0.15) is 5.10 Å². The molecule has 0 unspecified atom stereocenters. The van der Waals surface area contributed by atoms with Crippen LogP contribution in [0.3, 0.4) is 0 Å². The summed E-state index contributed by atoms with van der Waals surface area (Å²) >= 11 is 0. The second-order valence-electron chi connectivity index (χ2n) is 6.65. The van der Waals surface area contributed by atoms with Gasteiger partial charge in [-0.1, -0.05) is 24.3 Å². The van der Waals surface area contributed by atoms with Crippen LogP contribution in [0.15, 0.2) is 59.6 Å². The van der Waals surface area contributed by atoms with E-state index in [1.165, 1.54) is 12.5 Å². The molecule has 0 bridgehead atoms. The predicted octanol–water partition coefficient (Wildman–Crippen LogP) is 3.73.